The maximum absolute atomic E-state index is 15.5. The lowest BCUT2D eigenvalue weighted by molar-refractivity contribution is -0.137. The Morgan fingerprint density at radius 2 is 1.97 bits per heavy atom. The molecule has 0 aliphatic carbocycles. The maximum atomic E-state index is 15.5. The Bertz CT molecular complexity index is 914. The summed E-state index contributed by atoms with van der Waals surface area (Å²) in [4.78, 5) is 14.5. The third-order valence-corrected chi connectivity index (χ3v) is 6.25. The van der Waals surface area contributed by atoms with Gasteiger partial charge in [0.15, 0.2) is 0 Å². The number of rotatable bonds is 3. The summed E-state index contributed by atoms with van der Waals surface area (Å²) in [7, 11) is 0. The highest BCUT2D eigenvalue weighted by Crippen LogP contribution is 2.35. The molecule has 2 bridgehead atoms. The number of amides is 1. The number of ether oxygens (including phenoxy) is 1. The second-order valence-electron chi connectivity index (χ2n) is 7.43. The summed E-state index contributed by atoms with van der Waals surface area (Å²) in [5, 5.41) is 0. The second kappa shape index (κ2) is 9.31. The second-order valence-corrected chi connectivity index (χ2v) is 8.18. The zero-order chi connectivity index (χ0) is 21.1. The molecule has 2 heterocycles. The molecule has 4 nitrogen and oxygen atoms in total. The predicted molar refractivity (Wildman–Crippen MR) is 111 cm³/mol. The fourth-order valence-electron chi connectivity index (χ4n) is 4.25. The SMILES string of the molecule is O=C1CCOc2ccccc2-c2cccc(c2F)CC2C(NSCF)C(F)CCN12. The molecule has 3 unspecified atom stereocenters. The van der Waals surface area contributed by atoms with Gasteiger partial charge in [-0.05, 0) is 36.4 Å². The number of para-hydroxylation sites is 1. The molecule has 2 aliphatic heterocycles. The summed E-state index contributed by atoms with van der Waals surface area (Å²) in [6.07, 6.45) is -0.839. The van der Waals surface area contributed by atoms with Gasteiger partial charge in [-0.3, -0.25) is 9.52 Å². The van der Waals surface area contributed by atoms with Crippen molar-refractivity contribution in [3.8, 4) is 16.9 Å². The lowest BCUT2D eigenvalue weighted by Gasteiger charge is -2.43. The van der Waals surface area contributed by atoms with Gasteiger partial charge in [0.1, 0.15) is 23.7 Å². The lowest BCUT2D eigenvalue weighted by Crippen LogP contribution is -2.60. The van der Waals surface area contributed by atoms with E-state index in [1.165, 1.54) is 0 Å². The van der Waals surface area contributed by atoms with Crippen molar-refractivity contribution in [2.24, 2.45) is 0 Å². The molecule has 1 N–H and O–H groups in total. The molecule has 30 heavy (non-hydrogen) atoms. The van der Waals surface area contributed by atoms with E-state index < -0.39 is 30.1 Å². The summed E-state index contributed by atoms with van der Waals surface area (Å²) in [6, 6.07) is 10.1. The summed E-state index contributed by atoms with van der Waals surface area (Å²) >= 11 is 0.760. The molecule has 1 fully saturated rings. The fourth-order valence-corrected chi connectivity index (χ4v) is 4.81. The minimum absolute atomic E-state index is 0.126. The molecule has 1 amide bonds. The van der Waals surface area contributed by atoms with Crippen molar-refractivity contribution in [1.29, 1.82) is 0 Å². The van der Waals surface area contributed by atoms with Crippen LogP contribution in [0.5, 0.6) is 5.75 Å². The van der Waals surface area contributed by atoms with Crippen LogP contribution in [0.1, 0.15) is 18.4 Å². The van der Waals surface area contributed by atoms with E-state index in [0.717, 1.165) is 11.9 Å². The van der Waals surface area contributed by atoms with Crippen LogP contribution < -0.4 is 9.46 Å². The number of nitrogens with zero attached hydrogens (tertiary/aromatic N) is 1. The first-order valence-corrected chi connectivity index (χ1v) is 10.9. The van der Waals surface area contributed by atoms with Crippen LogP contribution in [-0.4, -0.2) is 48.2 Å². The fraction of sp³-hybridized carbons (Fsp3) is 0.409. The van der Waals surface area contributed by atoms with Gasteiger partial charge in [0.25, 0.3) is 0 Å². The number of nitrogens with one attached hydrogen (secondary N) is 1. The number of carbonyl (C=O) groups is 1. The van der Waals surface area contributed by atoms with E-state index in [-0.39, 0.29) is 38.3 Å². The Balaban J connectivity index is 1.78. The van der Waals surface area contributed by atoms with Crippen LogP contribution in [0.4, 0.5) is 13.2 Å². The van der Waals surface area contributed by atoms with E-state index in [2.05, 4.69) is 4.72 Å². The van der Waals surface area contributed by atoms with Crippen molar-refractivity contribution in [3.63, 3.8) is 0 Å². The third-order valence-electron chi connectivity index (χ3n) is 5.70. The van der Waals surface area contributed by atoms with E-state index >= 15 is 4.39 Å². The molecule has 1 saturated heterocycles. The Morgan fingerprint density at radius 3 is 2.80 bits per heavy atom. The van der Waals surface area contributed by atoms with E-state index in [1.54, 1.807) is 47.4 Å². The standard InChI is InChI=1S/C22H23F3N2O2S/c23-13-30-26-22-17(24)8-10-27-18(22)12-14-4-3-6-16(21(14)25)15-5-1-2-7-19(15)29-11-9-20(27)28/h1-7,17-18,22,26H,8-13H2. The average Bonchev–Trinajstić information content (AvgIpc) is 2.75. The number of piperidine rings is 1. The lowest BCUT2D eigenvalue weighted by atomic mass is 9.88. The highest BCUT2D eigenvalue weighted by molar-refractivity contribution is 7.97. The van der Waals surface area contributed by atoms with E-state index in [9.17, 15) is 13.6 Å². The van der Waals surface area contributed by atoms with E-state index in [0.29, 0.717) is 22.4 Å². The topological polar surface area (TPSA) is 41.6 Å². The van der Waals surface area contributed by atoms with Crippen LogP contribution in [0.25, 0.3) is 11.1 Å². The minimum atomic E-state index is -1.26. The van der Waals surface area contributed by atoms with Crippen LogP contribution in [0.2, 0.25) is 0 Å². The molecule has 2 aliphatic rings. The van der Waals surface area contributed by atoms with Crippen molar-refractivity contribution in [2.75, 3.05) is 19.2 Å². The van der Waals surface area contributed by atoms with Crippen LogP contribution in [0.3, 0.4) is 0 Å². The minimum Gasteiger partial charge on any atom is -0.492 e. The summed E-state index contributed by atoms with van der Waals surface area (Å²) in [5.74, 6) is -0.0854. The normalized spacial score (nSPS) is 24.2. The van der Waals surface area contributed by atoms with Gasteiger partial charge in [-0.25, -0.2) is 13.2 Å². The van der Waals surface area contributed by atoms with Gasteiger partial charge in [0.2, 0.25) is 5.91 Å². The zero-order valence-corrected chi connectivity index (χ0v) is 17.1. The van der Waals surface area contributed by atoms with Gasteiger partial charge in [-0.2, -0.15) is 0 Å². The molecule has 3 atom stereocenters. The quantitative estimate of drug-likeness (QED) is 0.729. The van der Waals surface area contributed by atoms with Gasteiger partial charge in [0.05, 0.1) is 25.1 Å². The number of hydrogen-bond acceptors (Lipinski definition) is 4. The largest absolute Gasteiger partial charge is 0.492 e. The summed E-state index contributed by atoms with van der Waals surface area (Å²) in [6.45, 7) is 0.373. The summed E-state index contributed by atoms with van der Waals surface area (Å²) in [5.41, 5.74) is 1.39. The Hall–Kier alpha value is -2.19. The van der Waals surface area contributed by atoms with Crippen molar-refractivity contribution >= 4 is 17.9 Å². The molecule has 2 aromatic rings. The molecule has 0 radical (unpaired) electrons. The number of alkyl halides is 2. The van der Waals surface area contributed by atoms with Gasteiger partial charge in [0, 0.05) is 17.7 Å². The first-order chi connectivity index (χ1) is 14.6. The molecular formula is C22H23F3N2O2S. The number of carbonyl (C=O) groups excluding carboxylic acids is 1. The van der Waals surface area contributed by atoms with Gasteiger partial charge < -0.3 is 9.64 Å². The van der Waals surface area contributed by atoms with Crippen molar-refractivity contribution in [1.82, 2.24) is 9.62 Å². The smallest absolute Gasteiger partial charge is 0.226 e. The van der Waals surface area contributed by atoms with Gasteiger partial charge in [-0.1, -0.05) is 36.4 Å². The highest BCUT2D eigenvalue weighted by Gasteiger charge is 2.41. The molecule has 0 saturated carbocycles. The molecule has 4 rings (SSSR count). The zero-order valence-electron chi connectivity index (χ0n) is 16.3. The first kappa shape index (κ1) is 21.1. The number of hydrogen-bond donors (Lipinski definition) is 1. The Morgan fingerprint density at radius 1 is 1.17 bits per heavy atom. The predicted octanol–water partition coefficient (Wildman–Crippen LogP) is 4.29. The highest BCUT2D eigenvalue weighted by atomic mass is 32.2. The van der Waals surface area contributed by atoms with Gasteiger partial charge in [-0.15, -0.1) is 0 Å². The average molecular weight is 436 g/mol. The number of halogens is 3. The number of fused-ring (bicyclic) bond motifs is 5. The Kier molecular flexibility index (Phi) is 6.53. The van der Waals surface area contributed by atoms with Crippen molar-refractivity contribution < 1.29 is 22.7 Å². The number of benzene rings is 2. The van der Waals surface area contributed by atoms with Crippen LogP contribution in [0.15, 0.2) is 42.5 Å². The van der Waals surface area contributed by atoms with E-state index in [4.69, 9.17) is 4.74 Å². The van der Waals surface area contributed by atoms with Crippen molar-refractivity contribution in [2.45, 2.75) is 37.5 Å². The molecule has 2 aromatic carbocycles. The monoisotopic (exact) mass is 436 g/mol. The van der Waals surface area contributed by atoms with E-state index in [1.807, 2.05) is 0 Å². The van der Waals surface area contributed by atoms with Crippen LogP contribution in [-0.2, 0) is 11.2 Å². The van der Waals surface area contributed by atoms with Gasteiger partial charge >= 0.3 is 0 Å². The van der Waals surface area contributed by atoms with Crippen LogP contribution >= 0.6 is 11.9 Å². The molecule has 0 spiro atoms. The van der Waals surface area contributed by atoms with Crippen molar-refractivity contribution in [3.05, 3.63) is 53.8 Å². The first-order valence-electron chi connectivity index (χ1n) is 9.96. The third kappa shape index (κ3) is 4.16. The Labute approximate surface area is 177 Å². The molecular weight excluding hydrogens is 413 g/mol. The molecule has 160 valence electrons. The van der Waals surface area contributed by atoms with Crippen LogP contribution in [0, 0.1) is 5.82 Å². The molecule has 0 aromatic heterocycles. The summed E-state index contributed by atoms with van der Waals surface area (Å²) < 4.78 is 51.6. The molecule has 8 heteroatoms. The maximum Gasteiger partial charge on any atom is 0.226 e.